The van der Waals surface area contributed by atoms with Gasteiger partial charge in [-0.15, -0.1) is 0 Å². The molecule has 1 N–H and O–H groups in total. The highest BCUT2D eigenvalue weighted by molar-refractivity contribution is 6.02. The van der Waals surface area contributed by atoms with Crippen molar-refractivity contribution in [2.24, 2.45) is 0 Å². The maximum Gasteiger partial charge on any atom is 0.244 e. The smallest absolute Gasteiger partial charge is 0.244 e. The van der Waals surface area contributed by atoms with Gasteiger partial charge < -0.3 is 24.6 Å². The molecule has 0 saturated carbocycles. The summed E-state index contributed by atoms with van der Waals surface area (Å²) in [7, 11) is 3.90. The molecule has 2 aromatic rings. The highest BCUT2D eigenvalue weighted by atomic mass is 16.6. The molecule has 0 spiro atoms. The fourth-order valence-electron chi connectivity index (χ4n) is 2.77. The molecule has 0 radical (unpaired) electrons. The van der Waals surface area contributed by atoms with E-state index in [1.165, 1.54) is 11.8 Å². The van der Waals surface area contributed by atoms with Crippen molar-refractivity contribution in [3.63, 3.8) is 0 Å². The van der Waals surface area contributed by atoms with Crippen LogP contribution in [0.1, 0.15) is 6.92 Å². The van der Waals surface area contributed by atoms with Gasteiger partial charge in [-0.3, -0.25) is 9.59 Å². The summed E-state index contributed by atoms with van der Waals surface area (Å²) in [5, 5.41) is 2.82. The van der Waals surface area contributed by atoms with Crippen LogP contribution in [0.2, 0.25) is 0 Å². The van der Waals surface area contributed by atoms with Crippen molar-refractivity contribution in [2.45, 2.75) is 6.92 Å². The molecule has 1 aliphatic heterocycles. The van der Waals surface area contributed by atoms with Crippen molar-refractivity contribution in [2.75, 3.05) is 49.0 Å². The topological polar surface area (TPSA) is 71.1 Å². The molecule has 0 aliphatic carbocycles. The molecular weight excluding hydrogens is 346 g/mol. The average molecular weight is 369 g/mol. The van der Waals surface area contributed by atoms with E-state index in [-0.39, 0.29) is 18.4 Å². The number of benzene rings is 2. The monoisotopic (exact) mass is 369 g/mol. The van der Waals surface area contributed by atoms with E-state index in [2.05, 4.69) is 5.32 Å². The quantitative estimate of drug-likeness (QED) is 0.877. The lowest BCUT2D eigenvalue weighted by Gasteiger charge is -2.24. The van der Waals surface area contributed by atoms with Crippen LogP contribution in [-0.2, 0) is 9.59 Å². The molecule has 1 aliphatic rings. The largest absolute Gasteiger partial charge is 0.486 e. The first-order chi connectivity index (χ1) is 12.9. The predicted octanol–water partition coefficient (Wildman–Crippen LogP) is 2.52. The van der Waals surface area contributed by atoms with Gasteiger partial charge in [-0.25, -0.2) is 0 Å². The highest BCUT2D eigenvalue weighted by Crippen LogP contribution is 2.34. The van der Waals surface area contributed by atoms with Gasteiger partial charge in [-0.1, -0.05) is 0 Å². The fraction of sp³-hybridized carbons (Fsp3) is 0.300. The van der Waals surface area contributed by atoms with Crippen molar-refractivity contribution in [1.82, 2.24) is 0 Å². The third kappa shape index (κ3) is 4.49. The molecule has 1 heterocycles. The van der Waals surface area contributed by atoms with Gasteiger partial charge >= 0.3 is 0 Å². The number of anilines is 3. The van der Waals surface area contributed by atoms with Gasteiger partial charge in [-0.05, 0) is 36.4 Å². The highest BCUT2D eigenvalue weighted by Gasteiger charge is 2.19. The van der Waals surface area contributed by atoms with Gasteiger partial charge in [0.15, 0.2) is 11.5 Å². The number of fused-ring (bicyclic) bond motifs is 1. The number of ether oxygens (including phenoxy) is 2. The summed E-state index contributed by atoms with van der Waals surface area (Å²) in [5.41, 5.74) is 2.30. The first kappa shape index (κ1) is 18.6. The minimum absolute atomic E-state index is 0.0928. The number of carbonyl (C=O) groups excluding carboxylic acids is 2. The van der Waals surface area contributed by atoms with Gasteiger partial charge in [0.1, 0.15) is 19.8 Å². The van der Waals surface area contributed by atoms with Crippen LogP contribution in [0, 0.1) is 0 Å². The van der Waals surface area contributed by atoms with Gasteiger partial charge in [0, 0.05) is 44.1 Å². The maximum absolute atomic E-state index is 12.4. The van der Waals surface area contributed by atoms with E-state index in [0.717, 1.165) is 5.69 Å². The Morgan fingerprint density at radius 3 is 2.22 bits per heavy atom. The van der Waals surface area contributed by atoms with Crippen molar-refractivity contribution in [3.8, 4) is 11.5 Å². The van der Waals surface area contributed by atoms with Crippen LogP contribution in [-0.4, -0.2) is 45.7 Å². The van der Waals surface area contributed by atoms with Crippen LogP contribution >= 0.6 is 0 Å². The number of hydrogen-bond donors (Lipinski definition) is 1. The Morgan fingerprint density at radius 1 is 0.963 bits per heavy atom. The average Bonchev–Trinajstić information content (AvgIpc) is 2.66. The predicted molar refractivity (Wildman–Crippen MR) is 105 cm³/mol. The van der Waals surface area contributed by atoms with Crippen LogP contribution in [0.15, 0.2) is 42.5 Å². The lowest BCUT2D eigenvalue weighted by molar-refractivity contribution is -0.120. The van der Waals surface area contributed by atoms with Crippen LogP contribution < -0.4 is 24.6 Å². The number of hydrogen-bond acceptors (Lipinski definition) is 5. The second kappa shape index (κ2) is 7.99. The van der Waals surface area contributed by atoms with Crippen molar-refractivity contribution >= 4 is 28.9 Å². The van der Waals surface area contributed by atoms with Crippen LogP contribution in [0.3, 0.4) is 0 Å². The molecule has 0 unspecified atom stereocenters. The summed E-state index contributed by atoms with van der Waals surface area (Å²) in [6.45, 7) is 2.29. The molecule has 0 atom stereocenters. The first-order valence-corrected chi connectivity index (χ1v) is 8.69. The molecule has 7 nitrogen and oxygen atoms in total. The molecular formula is C20H23N3O4. The SMILES string of the molecule is CC(=O)N(CC(=O)Nc1ccc(N(C)C)cc1)c1ccc2c(c1)OCCO2. The summed E-state index contributed by atoms with van der Waals surface area (Å²) < 4.78 is 11.1. The minimum Gasteiger partial charge on any atom is -0.486 e. The minimum atomic E-state index is -0.280. The molecule has 3 rings (SSSR count). The van der Waals surface area contributed by atoms with E-state index in [0.29, 0.717) is 36.1 Å². The Morgan fingerprint density at radius 2 is 1.59 bits per heavy atom. The molecule has 0 saturated heterocycles. The molecule has 142 valence electrons. The zero-order chi connectivity index (χ0) is 19.4. The van der Waals surface area contributed by atoms with E-state index < -0.39 is 0 Å². The van der Waals surface area contributed by atoms with E-state index in [9.17, 15) is 9.59 Å². The second-order valence-corrected chi connectivity index (χ2v) is 6.42. The van der Waals surface area contributed by atoms with E-state index in [4.69, 9.17) is 9.47 Å². The third-order valence-corrected chi connectivity index (χ3v) is 4.19. The van der Waals surface area contributed by atoms with Crippen molar-refractivity contribution in [1.29, 1.82) is 0 Å². The fourth-order valence-corrected chi connectivity index (χ4v) is 2.77. The lowest BCUT2D eigenvalue weighted by Crippen LogP contribution is -2.36. The molecule has 0 bridgehead atoms. The zero-order valence-electron chi connectivity index (χ0n) is 15.7. The number of amides is 2. The molecule has 2 amide bonds. The van der Waals surface area contributed by atoms with Gasteiger partial charge in [-0.2, -0.15) is 0 Å². The molecule has 27 heavy (non-hydrogen) atoms. The molecule has 2 aromatic carbocycles. The van der Waals surface area contributed by atoms with E-state index >= 15 is 0 Å². The summed E-state index contributed by atoms with van der Waals surface area (Å²) in [4.78, 5) is 27.9. The summed E-state index contributed by atoms with van der Waals surface area (Å²) >= 11 is 0. The number of carbonyl (C=O) groups is 2. The van der Waals surface area contributed by atoms with E-state index in [1.54, 1.807) is 18.2 Å². The normalized spacial score (nSPS) is 12.3. The van der Waals surface area contributed by atoms with Gasteiger partial charge in [0.2, 0.25) is 11.8 Å². The number of nitrogens with one attached hydrogen (secondary N) is 1. The molecule has 0 aromatic heterocycles. The number of rotatable bonds is 5. The summed E-state index contributed by atoms with van der Waals surface area (Å²) in [6, 6.07) is 12.7. The summed E-state index contributed by atoms with van der Waals surface area (Å²) in [5.74, 6) is 0.700. The van der Waals surface area contributed by atoms with Gasteiger partial charge in [0.05, 0.1) is 0 Å². The Kier molecular flexibility index (Phi) is 5.49. The Labute approximate surface area is 158 Å². The van der Waals surface area contributed by atoms with E-state index in [1.807, 2.05) is 43.3 Å². The number of nitrogens with zero attached hydrogens (tertiary/aromatic N) is 2. The summed E-state index contributed by atoms with van der Waals surface area (Å²) in [6.07, 6.45) is 0. The zero-order valence-corrected chi connectivity index (χ0v) is 15.7. The Hall–Kier alpha value is -3.22. The van der Waals surface area contributed by atoms with Crippen LogP contribution in [0.4, 0.5) is 17.1 Å². The van der Waals surface area contributed by atoms with Crippen molar-refractivity contribution in [3.05, 3.63) is 42.5 Å². The van der Waals surface area contributed by atoms with Crippen LogP contribution in [0.5, 0.6) is 11.5 Å². The standard InChI is InChI=1S/C20H23N3O4/c1-14(24)23(17-8-9-18-19(12-17)27-11-10-26-18)13-20(25)21-15-4-6-16(7-5-15)22(2)3/h4-9,12H,10-11,13H2,1-3H3,(H,21,25). The first-order valence-electron chi connectivity index (χ1n) is 8.69. The Balaban J connectivity index is 1.70. The molecule has 0 fully saturated rings. The van der Waals surface area contributed by atoms with Crippen LogP contribution in [0.25, 0.3) is 0 Å². The molecule has 7 heteroatoms. The Bertz CT molecular complexity index is 834. The third-order valence-electron chi connectivity index (χ3n) is 4.19. The maximum atomic E-state index is 12.4. The van der Waals surface area contributed by atoms with Gasteiger partial charge in [0.25, 0.3) is 0 Å². The second-order valence-electron chi connectivity index (χ2n) is 6.42. The van der Waals surface area contributed by atoms with Crippen molar-refractivity contribution < 1.29 is 19.1 Å². The lowest BCUT2D eigenvalue weighted by atomic mass is 10.2.